The molecule has 1 saturated heterocycles. The monoisotopic (exact) mass is 308 g/mol. The van der Waals surface area contributed by atoms with E-state index in [1.165, 1.54) is 11.6 Å². The first-order valence-corrected chi connectivity index (χ1v) is 7.58. The lowest BCUT2D eigenvalue weighted by Crippen LogP contribution is -2.55. The highest BCUT2D eigenvalue weighted by Gasteiger charge is 2.30. The summed E-state index contributed by atoms with van der Waals surface area (Å²) in [6, 6.07) is -0.226. The van der Waals surface area contributed by atoms with Gasteiger partial charge in [-0.15, -0.1) is 0 Å². The molecule has 0 radical (unpaired) electrons. The number of nitrogens with one attached hydrogen (secondary N) is 1. The Kier molecular flexibility index (Phi) is 4.85. The molecule has 1 fully saturated rings. The number of aromatic nitrogens is 2. The number of piperazine rings is 1. The fraction of sp³-hybridized carbons (Fsp3) is 0.667. The Morgan fingerprint density at radius 1 is 1.27 bits per heavy atom. The molecule has 1 atom stereocenters. The van der Waals surface area contributed by atoms with Crippen molar-refractivity contribution >= 4 is 5.91 Å². The highest BCUT2D eigenvalue weighted by molar-refractivity contribution is 5.82. The van der Waals surface area contributed by atoms with Crippen LogP contribution in [0.25, 0.3) is 0 Å². The summed E-state index contributed by atoms with van der Waals surface area (Å²) in [7, 11) is 3.10. The van der Waals surface area contributed by atoms with Crippen LogP contribution in [-0.4, -0.2) is 39.1 Å². The second-order valence-corrected chi connectivity index (χ2v) is 6.32. The number of rotatable bonds is 4. The summed E-state index contributed by atoms with van der Waals surface area (Å²) in [5.74, 6) is 0.404. The Morgan fingerprint density at radius 3 is 2.59 bits per heavy atom. The molecule has 0 bridgehead atoms. The predicted molar refractivity (Wildman–Crippen MR) is 83.6 cm³/mol. The van der Waals surface area contributed by atoms with Gasteiger partial charge >= 0.3 is 5.69 Å². The van der Waals surface area contributed by atoms with Gasteiger partial charge in [-0.2, -0.15) is 0 Å². The van der Waals surface area contributed by atoms with Crippen molar-refractivity contribution < 1.29 is 4.79 Å². The van der Waals surface area contributed by atoms with Crippen molar-refractivity contribution in [3.63, 3.8) is 0 Å². The van der Waals surface area contributed by atoms with Crippen LogP contribution < -0.4 is 16.6 Å². The largest absolute Gasteiger partial charge is 0.353 e. The number of hydrogen-bond acceptors (Lipinski definition) is 4. The van der Waals surface area contributed by atoms with Crippen LogP contribution >= 0.6 is 0 Å². The summed E-state index contributed by atoms with van der Waals surface area (Å²) in [5, 5.41) is 2.88. The third-order valence-corrected chi connectivity index (χ3v) is 4.03. The van der Waals surface area contributed by atoms with Crippen molar-refractivity contribution in [2.45, 2.75) is 32.9 Å². The van der Waals surface area contributed by atoms with Crippen LogP contribution in [0.5, 0.6) is 0 Å². The van der Waals surface area contributed by atoms with Crippen LogP contribution in [0, 0.1) is 5.92 Å². The summed E-state index contributed by atoms with van der Waals surface area (Å²) >= 11 is 0. The fourth-order valence-corrected chi connectivity index (χ4v) is 2.86. The summed E-state index contributed by atoms with van der Waals surface area (Å²) in [6.45, 7) is 5.82. The van der Waals surface area contributed by atoms with Crippen molar-refractivity contribution in [1.82, 2.24) is 19.4 Å². The molecule has 1 aromatic heterocycles. The predicted octanol–water partition coefficient (Wildman–Crippen LogP) is -0.569. The van der Waals surface area contributed by atoms with Gasteiger partial charge in [0.05, 0.1) is 6.04 Å². The molecule has 1 N–H and O–H groups in total. The molecular weight excluding hydrogens is 284 g/mol. The minimum absolute atomic E-state index is 0.0154. The number of nitrogens with zero attached hydrogens (tertiary/aromatic N) is 3. The van der Waals surface area contributed by atoms with Gasteiger partial charge < -0.3 is 9.88 Å². The molecular formula is C15H24N4O3. The van der Waals surface area contributed by atoms with Crippen LogP contribution in [0.3, 0.4) is 0 Å². The zero-order valence-corrected chi connectivity index (χ0v) is 13.6. The van der Waals surface area contributed by atoms with Crippen molar-refractivity contribution in [2.75, 3.05) is 13.1 Å². The van der Waals surface area contributed by atoms with Gasteiger partial charge in [0.25, 0.3) is 5.56 Å². The van der Waals surface area contributed by atoms with Crippen LogP contribution in [0.15, 0.2) is 15.8 Å². The average molecular weight is 308 g/mol. The van der Waals surface area contributed by atoms with Crippen molar-refractivity contribution in [2.24, 2.45) is 20.0 Å². The lowest BCUT2D eigenvalue weighted by Gasteiger charge is -2.35. The molecule has 2 heterocycles. The maximum Gasteiger partial charge on any atom is 0.330 e. The van der Waals surface area contributed by atoms with E-state index in [4.69, 9.17) is 0 Å². The van der Waals surface area contributed by atoms with Gasteiger partial charge in [-0.05, 0) is 12.3 Å². The van der Waals surface area contributed by atoms with Crippen molar-refractivity contribution in [1.29, 1.82) is 0 Å². The van der Waals surface area contributed by atoms with E-state index in [1.54, 1.807) is 13.2 Å². The molecule has 0 saturated carbocycles. The highest BCUT2D eigenvalue weighted by Crippen LogP contribution is 2.16. The maximum atomic E-state index is 12.2. The third kappa shape index (κ3) is 3.30. The minimum atomic E-state index is -0.344. The third-order valence-electron chi connectivity index (χ3n) is 4.03. The Morgan fingerprint density at radius 2 is 1.95 bits per heavy atom. The first-order valence-electron chi connectivity index (χ1n) is 7.58. The Bertz CT molecular complexity index is 674. The molecule has 22 heavy (non-hydrogen) atoms. The van der Waals surface area contributed by atoms with Crippen LogP contribution in [0.1, 0.15) is 25.8 Å². The molecule has 0 aromatic carbocycles. The number of carbonyl (C=O) groups is 1. The van der Waals surface area contributed by atoms with Crippen molar-refractivity contribution in [3.05, 3.63) is 32.6 Å². The highest BCUT2D eigenvalue weighted by atomic mass is 16.2. The van der Waals surface area contributed by atoms with E-state index in [1.807, 2.05) is 4.90 Å². The molecule has 1 amide bonds. The van der Waals surface area contributed by atoms with Gasteiger partial charge in [0, 0.05) is 45.5 Å². The van der Waals surface area contributed by atoms with Crippen molar-refractivity contribution in [3.8, 4) is 0 Å². The smallest absolute Gasteiger partial charge is 0.330 e. The first-order chi connectivity index (χ1) is 10.3. The molecule has 1 aliphatic rings. The zero-order valence-electron chi connectivity index (χ0n) is 13.6. The zero-order chi connectivity index (χ0) is 16.4. The number of amides is 1. The van der Waals surface area contributed by atoms with Gasteiger partial charge in [-0.25, -0.2) is 4.79 Å². The van der Waals surface area contributed by atoms with Crippen LogP contribution in [-0.2, 0) is 25.4 Å². The summed E-state index contributed by atoms with van der Waals surface area (Å²) in [6.07, 6.45) is 2.32. The van der Waals surface area contributed by atoms with E-state index in [0.29, 0.717) is 31.1 Å². The average Bonchev–Trinajstić information content (AvgIpc) is 2.45. The first kappa shape index (κ1) is 16.5. The molecule has 1 aromatic rings. The quantitative estimate of drug-likeness (QED) is 0.808. The lowest BCUT2D eigenvalue weighted by molar-refractivity contribution is -0.130. The number of hydrogen-bond donors (Lipinski definition) is 1. The molecule has 7 heteroatoms. The number of aryl methyl sites for hydroxylation is 1. The van der Waals surface area contributed by atoms with Gasteiger partial charge in [-0.3, -0.25) is 19.1 Å². The molecule has 7 nitrogen and oxygen atoms in total. The van der Waals surface area contributed by atoms with E-state index < -0.39 is 0 Å². The SMILES string of the molecule is CC(C)CC1C(=O)NCCN1Cc1cn(C)c(=O)n(C)c1=O. The van der Waals surface area contributed by atoms with E-state index in [-0.39, 0.29) is 23.2 Å². The van der Waals surface area contributed by atoms with Crippen LogP contribution in [0.2, 0.25) is 0 Å². The van der Waals surface area contributed by atoms with Gasteiger partial charge in [0.15, 0.2) is 0 Å². The Labute approximate surface area is 129 Å². The second kappa shape index (κ2) is 6.48. The second-order valence-electron chi connectivity index (χ2n) is 6.32. The molecule has 1 aliphatic heterocycles. The Balaban J connectivity index is 2.30. The molecule has 1 unspecified atom stereocenters. The van der Waals surface area contributed by atoms with E-state index in [2.05, 4.69) is 19.2 Å². The minimum Gasteiger partial charge on any atom is -0.353 e. The maximum absolute atomic E-state index is 12.2. The standard InChI is InChI=1S/C15H24N4O3/c1-10(2)7-12-13(20)16-5-6-19(12)9-11-8-17(3)15(22)18(4)14(11)21/h8,10,12H,5-7,9H2,1-4H3,(H,16,20). The lowest BCUT2D eigenvalue weighted by atomic mass is 9.99. The molecule has 122 valence electrons. The Hall–Kier alpha value is -1.89. The summed E-state index contributed by atoms with van der Waals surface area (Å²) < 4.78 is 2.51. The normalized spacial score (nSPS) is 19.5. The van der Waals surface area contributed by atoms with E-state index >= 15 is 0 Å². The van der Waals surface area contributed by atoms with Gasteiger partial charge in [0.2, 0.25) is 5.91 Å². The van der Waals surface area contributed by atoms with Gasteiger partial charge in [0.1, 0.15) is 0 Å². The molecule has 0 aliphatic carbocycles. The molecule has 0 spiro atoms. The van der Waals surface area contributed by atoms with E-state index in [0.717, 1.165) is 11.0 Å². The van der Waals surface area contributed by atoms with Crippen LogP contribution in [0.4, 0.5) is 0 Å². The summed E-state index contributed by atoms with van der Waals surface area (Å²) in [4.78, 5) is 38.1. The topological polar surface area (TPSA) is 76.3 Å². The van der Waals surface area contributed by atoms with Gasteiger partial charge in [-0.1, -0.05) is 13.8 Å². The van der Waals surface area contributed by atoms with E-state index in [9.17, 15) is 14.4 Å². The fourth-order valence-electron chi connectivity index (χ4n) is 2.86. The molecule has 2 rings (SSSR count). The summed E-state index contributed by atoms with van der Waals surface area (Å²) in [5.41, 5.74) is -0.102. The number of carbonyl (C=O) groups excluding carboxylic acids is 1.